The Hall–Kier alpha value is -0.990. The van der Waals surface area contributed by atoms with Crippen LogP contribution in [0.15, 0.2) is 34.9 Å². The van der Waals surface area contributed by atoms with Crippen molar-refractivity contribution in [3.8, 4) is 17.4 Å². The van der Waals surface area contributed by atoms with E-state index in [1.165, 1.54) is 0 Å². The molecule has 0 atom stereocenters. The molecule has 0 N–H and O–H groups in total. The molecule has 0 aliphatic rings. The van der Waals surface area contributed by atoms with Crippen molar-refractivity contribution in [2.45, 2.75) is 0 Å². The number of nitriles is 1. The van der Waals surface area contributed by atoms with Crippen LogP contribution in [0.1, 0.15) is 5.56 Å². The van der Waals surface area contributed by atoms with E-state index in [2.05, 4.69) is 28.7 Å². The quantitative estimate of drug-likeness (QED) is 0.739. The van der Waals surface area contributed by atoms with E-state index in [4.69, 9.17) is 21.3 Å². The topological polar surface area (TPSA) is 36.9 Å². The summed E-state index contributed by atoms with van der Waals surface area (Å²) in [5, 5.41) is 9.31. The van der Waals surface area contributed by atoms with Gasteiger partial charge >= 0.3 is 0 Å². The Morgan fingerprint density at radius 1 is 1.40 bits per heavy atom. The Labute approximate surface area is 106 Å². The van der Waals surface area contributed by atoms with E-state index >= 15 is 0 Å². The molecule has 0 unspecified atom stereocenters. The average molecular weight is 330 g/mol. The number of nitrogens with zero attached hydrogens (tertiary/aromatic N) is 1. The van der Waals surface area contributed by atoms with Crippen LogP contribution in [0, 0.1) is 14.9 Å². The maximum atomic E-state index is 8.77. The van der Waals surface area contributed by atoms with Crippen LogP contribution in [0.4, 0.5) is 0 Å². The molecule has 2 aromatic rings. The molecule has 1 aromatic heterocycles. The van der Waals surface area contributed by atoms with E-state index in [0.717, 1.165) is 9.13 Å². The minimum Gasteiger partial charge on any atom is -0.464 e. The van der Waals surface area contributed by atoms with Crippen molar-refractivity contribution in [1.29, 1.82) is 5.26 Å². The molecule has 2 nitrogen and oxygen atoms in total. The standard InChI is InChI=1S/C11H5ClINO/c12-8-4-7(6-14)5-9(13)11(8)10-2-1-3-15-10/h1-5H. The van der Waals surface area contributed by atoms with Gasteiger partial charge in [-0.2, -0.15) is 5.26 Å². The molecule has 1 heterocycles. The zero-order chi connectivity index (χ0) is 10.8. The summed E-state index contributed by atoms with van der Waals surface area (Å²) >= 11 is 8.23. The number of hydrogen-bond acceptors (Lipinski definition) is 2. The molecular weight excluding hydrogens is 324 g/mol. The van der Waals surface area contributed by atoms with Crippen LogP contribution in [-0.4, -0.2) is 0 Å². The summed E-state index contributed by atoms with van der Waals surface area (Å²) in [6.07, 6.45) is 1.60. The van der Waals surface area contributed by atoms with Crippen molar-refractivity contribution < 1.29 is 4.42 Å². The van der Waals surface area contributed by atoms with Crippen LogP contribution in [0.5, 0.6) is 0 Å². The lowest BCUT2D eigenvalue weighted by molar-refractivity contribution is 0.582. The second-order valence-electron chi connectivity index (χ2n) is 2.90. The molecule has 1 aromatic carbocycles. The van der Waals surface area contributed by atoms with Gasteiger partial charge in [-0.25, -0.2) is 0 Å². The Morgan fingerprint density at radius 2 is 2.20 bits per heavy atom. The first-order valence-electron chi connectivity index (χ1n) is 4.15. The number of furan rings is 1. The highest BCUT2D eigenvalue weighted by Gasteiger charge is 2.11. The van der Waals surface area contributed by atoms with Crippen LogP contribution in [0.25, 0.3) is 11.3 Å². The van der Waals surface area contributed by atoms with Crippen molar-refractivity contribution in [2.24, 2.45) is 0 Å². The number of hydrogen-bond donors (Lipinski definition) is 0. The second kappa shape index (κ2) is 4.25. The maximum absolute atomic E-state index is 8.77. The first kappa shape index (κ1) is 10.5. The van der Waals surface area contributed by atoms with E-state index in [1.54, 1.807) is 24.5 Å². The molecular formula is C11H5ClINO. The maximum Gasteiger partial charge on any atom is 0.136 e. The lowest BCUT2D eigenvalue weighted by Crippen LogP contribution is -1.85. The zero-order valence-corrected chi connectivity index (χ0v) is 10.4. The fraction of sp³-hybridized carbons (Fsp3) is 0. The molecule has 0 fully saturated rings. The van der Waals surface area contributed by atoms with Crippen LogP contribution >= 0.6 is 34.2 Å². The molecule has 15 heavy (non-hydrogen) atoms. The molecule has 2 rings (SSSR count). The predicted molar refractivity (Wildman–Crippen MR) is 66.6 cm³/mol. The van der Waals surface area contributed by atoms with Gasteiger partial charge in [0, 0.05) is 9.13 Å². The van der Waals surface area contributed by atoms with Crippen molar-refractivity contribution in [3.05, 3.63) is 44.7 Å². The van der Waals surface area contributed by atoms with Crippen molar-refractivity contribution >= 4 is 34.2 Å². The smallest absolute Gasteiger partial charge is 0.136 e. The summed E-state index contributed by atoms with van der Waals surface area (Å²) < 4.78 is 6.19. The van der Waals surface area contributed by atoms with Gasteiger partial charge in [0.05, 0.1) is 22.9 Å². The second-order valence-corrected chi connectivity index (χ2v) is 4.47. The van der Waals surface area contributed by atoms with Gasteiger partial charge in [-0.05, 0) is 46.9 Å². The average Bonchev–Trinajstić information content (AvgIpc) is 2.69. The summed E-state index contributed by atoms with van der Waals surface area (Å²) in [6.45, 7) is 0. The molecule has 0 spiro atoms. The minimum absolute atomic E-state index is 0.536. The summed E-state index contributed by atoms with van der Waals surface area (Å²) in [4.78, 5) is 0. The molecule has 0 bridgehead atoms. The van der Waals surface area contributed by atoms with Crippen molar-refractivity contribution in [2.75, 3.05) is 0 Å². The molecule has 0 saturated heterocycles. The van der Waals surface area contributed by atoms with E-state index in [0.29, 0.717) is 16.3 Å². The molecule has 0 saturated carbocycles. The van der Waals surface area contributed by atoms with Gasteiger partial charge in [-0.1, -0.05) is 11.6 Å². The SMILES string of the molecule is N#Cc1cc(Cl)c(-c2ccco2)c(I)c1. The third-order valence-corrected chi connectivity index (χ3v) is 3.09. The fourth-order valence-electron chi connectivity index (χ4n) is 1.29. The Balaban J connectivity index is 2.64. The number of benzene rings is 1. The fourth-order valence-corrected chi connectivity index (χ4v) is 2.66. The van der Waals surface area contributed by atoms with Crippen LogP contribution in [0.2, 0.25) is 5.02 Å². The monoisotopic (exact) mass is 329 g/mol. The molecule has 4 heteroatoms. The first-order chi connectivity index (χ1) is 7.22. The van der Waals surface area contributed by atoms with Crippen LogP contribution in [-0.2, 0) is 0 Å². The van der Waals surface area contributed by atoms with Crippen LogP contribution < -0.4 is 0 Å². The Bertz CT molecular complexity index is 505. The van der Waals surface area contributed by atoms with Gasteiger partial charge in [0.2, 0.25) is 0 Å². The summed E-state index contributed by atoms with van der Waals surface area (Å²) in [7, 11) is 0. The zero-order valence-electron chi connectivity index (χ0n) is 7.50. The van der Waals surface area contributed by atoms with E-state index in [-0.39, 0.29) is 0 Å². The Morgan fingerprint density at radius 3 is 2.73 bits per heavy atom. The van der Waals surface area contributed by atoms with E-state index in [9.17, 15) is 0 Å². The van der Waals surface area contributed by atoms with Gasteiger partial charge in [0.15, 0.2) is 0 Å². The molecule has 74 valence electrons. The van der Waals surface area contributed by atoms with Gasteiger partial charge in [-0.15, -0.1) is 0 Å². The Kier molecular flexibility index (Phi) is 2.98. The van der Waals surface area contributed by atoms with Gasteiger partial charge < -0.3 is 4.42 Å². The third-order valence-electron chi connectivity index (χ3n) is 1.94. The molecule has 0 amide bonds. The first-order valence-corrected chi connectivity index (χ1v) is 5.61. The van der Waals surface area contributed by atoms with Crippen molar-refractivity contribution in [1.82, 2.24) is 0 Å². The number of rotatable bonds is 1. The van der Waals surface area contributed by atoms with Crippen LogP contribution in [0.3, 0.4) is 0 Å². The molecule has 0 aliphatic carbocycles. The minimum atomic E-state index is 0.536. The third kappa shape index (κ3) is 2.01. The number of halogens is 2. The normalized spacial score (nSPS) is 9.93. The highest BCUT2D eigenvalue weighted by atomic mass is 127. The molecule has 0 aliphatic heterocycles. The van der Waals surface area contributed by atoms with Gasteiger partial charge in [0.25, 0.3) is 0 Å². The lowest BCUT2D eigenvalue weighted by Gasteiger charge is -2.04. The highest BCUT2D eigenvalue weighted by molar-refractivity contribution is 14.1. The van der Waals surface area contributed by atoms with Gasteiger partial charge in [-0.3, -0.25) is 0 Å². The van der Waals surface area contributed by atoms with E-state index < -0.39 is 0 Å². The summed E-state index contributed by atoms with van der Waals surface area (Å²) in [5.74, 6) is 0.717. The summed E-state index contributed by atoms with van der Waals surface area (Å²) in [6, 6.07) is 9.13. The largest absolute Gasteiger partial charge is 0.464 e. The molecule has 0 radical (unpaired) electrons. The summed E-state index contributed by atoms with van der Waals surface area (Å²) in [5.41, 5.74) is 1.39. The van der Waals surface area contributed by atoms with Crippen molar-refractivity contribution in [3.63, 3.8) is 0 Å². The predicted octanol–water partition coefficient (Wildman–Crippen LogP) is 4.08. The van der Waals surface area contributed by atoms with Gasteiger partial charge in [0.1, 0.15) is 5.76 Å². The van der Waals surface area contributed by atoms with E-state index in [1.807, 2.05) is 6.07 Å². The lowest BCUT2D eigenvalue weighted by atomic mass is 10.1. The highest BCUT2D eigenvalue weighted by Crippen LogP contribution is 2.33.